The Morgan fingerprint density at radius 2 is 2.16 bits per heavy atom. The zero-order valence-electron chi connectivity index (χ0n) is 15.4. The molecule has 0 atom stereocenters. The Kier molecular flexibility index (Phi) is 5.22. The number of pyridine rings is 1. The van der Waals surface area contributed by atoms with Crippen LogP contribution in [0.2, 0.25) is 0 Å². The molecule has 3 rings (SSSR count). The zero-order chi connectivity index (χ0) is 17.8. The van der Waals surface area contributed by atoms with Crippen molar-refractivity contribution in [3.8, 4) is 5.88 Å². The summed E-state index contributed by atoms with van der Waals surface area (Å²) in [6, 6.07) is 10.7. The second-order valence-electron chi connectivity index (χ2n) is 6.30. The normalized spacial score (nSPS) is 14.5. The van der Waals surface area contributed by atoms with Gasteiger partial charge < -0.3 is 10.1 Å². The summed E-state index contributed by atoms with van der Waals surface area (Å²) in [5.74, 6) is 0.684. The average Bonchev–Trinajstić information content (AvgIpc) is 2.79. The summed E-state index contributed by atoms with van der Waals surface area (Å²) in [7, 11) is 0. The van der Waals surface area contributed by atoms with Crippen molar-refractivity contribution in [2.75, 3.05) is 13.2 Å². The van der Waals surface area contributed by atoms with Crippen LogP contribution in [0.5, 0.6) is 5.88 Å². The second-order valence-corrected chi connectivity index (χ2v) is 6.30. The fraction of sp³-hybridized carbons (Fsp3) is 0.318. The maximum absolute atomic E-state index is 5.51. The van der Waals surface area contributed by atoms with Crippen LogP contribution in [0, 0.1) is 6.92 Å². The van der Waals surface area contributed by atoms with Crippen LogP contribution < -0.4 is 10.1 Å². The molecule has 0 bridgehead atoms. The molecule has 1 aliphatic rings. The summed E-state index contributed by atoms with van der Waals surface area (Å²) < 4.78 is 5.51. The van der Waals surface area contributed by atoms with E-state index in [0.717, 1.165) is 36.3 Å². The summed E-state index contributed by atoms with van der Waals surface area (Å²) in [5.41, 5.74) is 8.20. The fourth-order valence-electron chi connectivity index (χ4n) is 3.40. The third-order valence-corrected chi connectivity index (χ3v) is 4.63. The smallest absolute Gasteiger partial charge is 0.213 e. The lowest BCUT2D eigenvalue weighted by Crippen LogP contribution is -2.10. The van der Waals surface area contributed by atoms with E-state index in [4.69, 9.17) is 4.74 Å². The van der Waals surface area contributed by atoms with Gasteiger partial charge in [0, 0.05) is 35.1 Å². The highest BCUT2D eigenvalue weighted by Gasteiger charge is 2.14. The number of aromatic nitrogens is 1. The van der Waals surface area contributed by atoms with E-state index in [1.54, 1.807) is 0 Å². The Morgan fingerprint density at radius 3 is 2.88 bits per heavy atom. The van der Waals surface area contributed by atoms with E-state index in [1.807, 2.05) is 19.9 Å². The molecule has 0 fully saturated rings. The van der Waals surface area contributed by atoms with Crippen LogP contribution in [0.15, 0.2) is 43.0 Å². The van der Waals surface area contributed by atoms with Gasteiger partial charge in [0.1, 0.15) is 0 Å². The number of allylic oxidation sites excluding steroid dienone is 1. The average molecular weight is 334 g/mol. The highest BCUT2D eigenvalue weighted by molar-refractivity contribution is 5.82. The van der Waals surface area contributed by atoms with E-state index < -0.39 is 0 Å². The first-order valence-corrected chi connectivity index (χ1v) is 8.97. The number of hydrogen-bond donors (Lipinski definition) is 1. The van der Waals surface area contributed by atoms with Crippen LogP contribution in [-0.4, -0.2) is 18.1 Å². The van der Waals surface area contributed by atoms with Crippen LogP contribution in [-0.2, 0) is 6.42 Å². The van der Waals surface area contributed by atoms with Gasteiger partial charge in [-0.3, -0.25) is 0 Å². The number of aryl methyl sites for hydroxylation is 2. The lowest BCUT2D eigenvalue weighted by atomic mass is 9.92. The second kappa shape index (κ2) is 7.56. The van der Waals surface area contributed by atoms with Crippen LogP contribution in [0.25, 0.3) is 11.3 Å². The molecular weight excluding hydrogens is 308 g/mol. The first kappa shape index (κ1) is 17.3. The quantitative estimate of drug-likeness (QED) is 0.876. The molecule has 130 valence electrons. The van der Waals surface area contributed by atoms with Crippen LogP contribution in [0.3, 0.4) is 0 Å². The molecule has 0 radical (unpaired) electrons. The van der Waals surface area contributed by atoms with E-state index in [2.05, 4.69) is 54.1 Å². The summed E-state index contributed by atoms with van der Waals surface area (Å²) in [6.45, 7) is 11.9. The largest absolute Gasteiger partial charge is 0.478 e. The number of nitrogens with one attached hydrogen (secondary N) is 1. The van der Waals surface area contributed by atoms with Gasteiger partial charge in [0.2, 0.25) is 5.88 Å². The van der Waals surface area contributed by atoms with E-state index in [-0.39, 0.29) is 0 Å². The molecule has 2 aromatic rings. The van der Waals surface area contributed by atoms with E-state index in [1.165, 1.54) is 22.3 Å². The number of nitrogens with zero attached hydrogens (tertiary/aromatic N) is 1. The van der Waals surface area contributed by atoms with Gasteiger partial charge in [0.05, 0.1) is 6.61 Å². The summed E-state index contributed by atoms with van der Waals surface area (Å²) in [6.07, 6.45) is 4.37. The van der Waals surface area contributed by atoms with Gasteiger partial charge in [0.25, 0.3) is 0 Å². The summed E-state index contributed by atoms with van der Waals surface area (Å²) >= 11 is 0. The third kappa shape index (κ3) is 3.60. The van der Waals surface area contributed by atoms with Crippen molar-refractivity contribution >= 4 is 11.3 Å². The van der Waals surface area contributed by atoms with Crippen molar-refractivity contribution in [1.29, 1.82) is 0 Å². The molecule has 25 heavy (non-hydrogen) atoms. The van der Waals surface area contributed by atoms with E-state index in [0.29, 0.717) is 12.5 Å². The Balaban J connectivity index is 2.00. The van der Waals surface area contributed by atoms with Gasteiger partial charge in [-0.05, 0) is 56.4 Å². The molecule has 1 aliphatic heterocycles. The summed E-state index contributed by atoms with van der Waals surface area (Å²) in [5, 5.41) is 3.39. The SMILES string of the molecule is C=C1NCCCc2cc(/C(=C/C)c3ccc(OCC)nc3C)ccc21. The first-order chi connectivity index (χ1) is 12.1. The molecule has 0 spiro atoms. The van der Waals surface area contributed by atoms with Crippen LogP contribution in [0.4, 0.5) is 0 Å². The Hall–Kier alpha value is -2.55. The molecule has 2 heterocycles. The molecule has 3 nitrogen and oxygen atoms in total. The molecule has 0 saturated carbocycles. The minimum atomic E-state index is 0.630. The van der Waals surface area contributed by atoms with Gasteiger partial charge in [-0.2, -0.15) is 0 Å². The van der Waals surface area contributed by atoms with Gasteiger partial charge in [0.15, 0.2) is 0 Å². The lowest BCUT2D eigenvalue weighted by molar-refractivity contribution is 0.326. The fourth-order valence-corrected chi connectivity index (χ4v) is 3.40. The van der Waals surface area contributed by atoms with Crippen molar-refractivity contribution in [1.82, 2.24) is 10.3 Å². The number of benzene rings is 1. The molecule has 0 amide bonds. The minimum absolute atomic E-state index is 0.630. The monoisotopic (exact) mass is 334 g/mol. The molecule has 1 aromatic carbocycles. The summed E-state index contributed by atoms with van der Waals surface area (Å²) in [4.78, 5) is 4.58. The van der Waals surface area contributed by atoms with Crippen molar-refractivity contribution in [3.05, 3.63) is 70.9 Å². The molecule has 0 unspecified atom stereocenters. The van der Waals surface area contributed by atoms with Gasteiger partial charge in [-0.1, -0.05) is 30.9 Å². The highest BCUT2D eigenvalue weighted by Crippen LogP contribution is 2.30. The Morgan fingerprint density at radius 1 is 1.32 bits per heavy atom. The van der Waals surface area contributed by atoms with E-state index >= 15 is 0 Å². The first-order valence-electron chi connectivity index (χ1n) is 8.97. The van der Waals surface area contributed by atoms with Gasteiger partial charge in [-0.25, -0.2) is 4.98 Å². The Bertz CT molecular complexity index is 821. The van der Waals surface area contributed by atoms with Gasteiger partial charge >= 0.3 is 0 Å². The molecule has 1 N–H and O–H groups in total. The van der Waals surface area contributed by atoms with Crippen molar-refractivity contribution in [2.45, 2.75) is 33.6 Å². The van der Waals surface area contributed by atoms with Gasteiger partial charge in [-0.15, -0.1) is 0 Å². The highest BCUT2D eigenvalue weighted by atomic mass is 16.5. The van der Waals surface area contributed by atoms with E-state index in [9.17, 15) is 0 Å². The van der Waals surface area contributed by atoms with Crippen molar-refractivity contribution in [3.63, 3.8) is 0 Å². The van der Waals surface area contributed by atoms with Crippen molar-refractivity contribution < 1.29 is 4.74 Å². The molecule has 0 aliphatic carbocycles. The molecule has 0 saturated heterocycles. The van der Waals surface area contributed by atoms with Crippen molar-refractivity contribution in [2.24, 2.45) is 0 Å². The molecular formula is C22H26N2O. The number of rotatable bonds is 4. The topological polar surface area (TPSA) is 34.1 Å². The minimum Gasteiger partial charge on any atom is -0.478 e. The number of ether oxygens (including phenoxy) is 1. The Labute approximate surface area is 150 Å². The predicted octanol–water partition coefficient (Wildman–Crippen LogP) is 4.75. The van der Waals surface area contributed by atoms with Crippen LogP contribution >= 0.6 is 0 Å². The number of hydrogen-bond acceptors (Lipinski definition) is 3. The predicted molar refractivity (Wildman–Crippen MR) is 105 cm³/mol. The lowest BCUT2D eigenvalue weighted by Gasteiger charge is -2.15. The van der Waals surface area contributed by atoms with Crippen LogP contribution in [0.1, 0.15) is 48.2 Å². The molecule has 1 aromatic heterocycles. The molecule has 3 heteroatoms. The third-order valence-electron chi connectivity index (χ3n) is 4.63. The maximum atomic E-state index is 5.51. The number of fused-ring (bicyclic) bond motifs is 1. The zero-order valence-corrected chi connectivity index (χ0v) is 15.4. The standard InChI is InChI=1S/C22H26N2O/c1-5-19(21-11-12-22(25-6-2)24-16(21)4)18-9-10-20-15(3)23-13-7-8-17(20)14-18/h5,9-12,14,23H,3,6-8,13H2,1-2,4H3/b19-5-. The maximum Gasteiger partial charge on any atom is 0.213 e.